The molecule has 2 rings (SSSR count). The van der Waals surface area contributed by atoms with E-state index in [0.717, 1.165) is 10.9 Å². The first-order valence-corrected chi connectivity index (χ1v) is 6.65. The van der Waals surface area contributed by atoms with Crippen molar-refractivity contribution < 1.29 is 12.8 Å². The second-order valence-electron chi connectivity index (χ2n) is 3.45. The van der Waals surface area contributed by atoms with Crippen molar-refractivity contribution in [3.8, 4) is 0 Å². The Kier molecular flexibility index (Phi) is 2.28. The average Bonchev–Trinajstić information content (AvgIpc) is 2.43. The van der Waals surface area contributed by atoms with Gasteiger partial charge < -0.3 is 4.42 Å². The minimum Gasteiger partial charge on any atom is -0.443 e. The van der Waals surface area contributed by atoms with Gasteiger partial charge in [-0.3, -0.25) is 0 Å². The molecule has 2 aromatic rings. The van der Waals surface area contributed by atoms with Crippen LogP contribution in [0, 0.1) is 13.8 Å². The monoisotopic (exact) mass is 244 g/mol. The SMILES string of the molecule is Cc1ccc2oc(S(=O)(=O)Cl)c(C)c2c1. The van der Waals surface area contributed by atoms with Crippen LogP contribution in [0.5, 0.6) is 0 Å². The normalized spacial score (nSPS) is 12.2. The summed E-state index contributed by atoms with van der Waals surface area (Å²) in [6, 6.07) is 5.47. The third-order valence-electron chi connectivity index (χ3n) is 2.27. The van der Waals surface area contributed by atoms with Crippen LogP contribution in [-0.4, -0.2) is 8.42 Å². The van der Waals surface area contributed by atoms with Crippen LogP contribution < -0.4 is 0 Å². The van der Waals surface area contributed by atoms with Crippen molar-refractivity contribution in [1.29, 1.82) is 0 Å². The Morgan fingerprint density at radius 2 is 1.93 bits per heavy atom. The van der Waals surface area contributed by atoms with E-state index in [0.29, 0.717) is 11.1 Å². The molecule has 1 aromatic carbocycles. The van der Waals surface area contributed by atoms with Gasteiger partial charge in [0.25, 0.3) is 9.05 Å². The van der Waals surface area contributed by atoms with Crippen LogP contribution in [0.1, 0.15) is 11.1 Å². The van der Waals surface area contributed by atoms with Crippen LogP contribution in [0.4, 0.5) is 0 Å². The molecule has 0 unspecified atom stereocenters. The second kappa shape index (κ2) is 3.25. The van der Waals surface area contributed by atoms with Gasteiger partial charge in [-0.1, -0.05) is 11.6 Å². The minimum absolute atomic E-state index is 0.162. The summed E-state index contributed by atoms with van der Waals surface area (Å²) in [7, 11) is 1.45. The summed E-state index contributed by atoms with van der Waals surface area (Å²) >= 11 is 0. The Balaban J connectivity index is 2.87. The molecule has 5 heteroatoms. The van der Waals surface area contributed by atoms with E-state index < -0.39 is 9.05 Å². The van der Waals surface area contributed by atoms with Crippen molar-refractivity contribution in [1.82, 2.24) is 0 Å². The topological polar surface area (TPSA) is 47.3 Å². The molecule has 0 aliphatic carbocycles. The van der Waals surface area contributed by atoms with Gasteiger partial charge in [0, 0.05) is 21.6 Å². The highest BCUT2D eigenvalue weighted by atomic mass is 35.7. The molecule has 1 aromatic heterocycles. The number of benzene rings is 1. The molecule has 0 aliphatic rings. The highest BCUT2D eigenvalue weighted by Crippen LogP contribution is 2.30. The van der Waals surface area contributed by atoms with Crippen molar-refractivity contribution >= 4 is 30.7 Å². The van der Waals surface area contributed by atoms with Crippen LogP contribution in [0.15, 0.2) is 27.7 Å². The molecule has 0 fully saturated rings. The van der Waals surface area contributed by atoms with E-state index in [2.05, 4.69) is 0 Å². The lowest BCUT2D eigenvalue weighted by atomic mass is 10.1. The zero-order valence-electron chi connectivity index (χ0n) is 8.24. The predicted octanol–water partition coefficient (Wildman–Crippen LogP) is 2.98. The predicted molar refractivity (Wildman–Crippen MR) is 58.7 cm³/mol. The fourth-order valence-corrected chi connectivity index (χ4v) is 2.65. The zero-order valence-corrected chi connectivity index (χ0v) is 9.82. The molecule has 0 saturated heterocycles. The van der Waals surface area contributed by atoms with E-state index in [4.69, 9.17) is 15.1 Å². The van der Waals surface area contributed by atoms with Gasteiger partial charge in [-0.25, -0.2) is 8.42 Å². The molecule has 15 heavy (non-hydrogen) atoms. The Labute approximate surface area is 92.1 Å². The first-order chi connectivity index (χ1) is 6.89. The molecule has 80 valence electrons. The molecule has 3 nitrogen and oxygen atoms in total. The third-order valence-corrected chi connectivity index (χ3v) is 3.52. The van der Waals surface area contributed by atoms with E-state index in [1.807, 2.05) is 19.1 Å². The Morgan fingerprint density at radius 1 is 1.27 bits per heavy atom. The van der Waals surface area contributed by atoms with Crippen molar-refractivity contribution in [2.75, 3.05) is 0 Å². The number of halogens is 1. The highest BCUT2D eigenvalue weighted by Gasteiger charge is 2.21. The van der Waals surface area contributed by atoms with Gasteiger partial charge in [-0.2, -0.15) is 0 Å². The molecule has 0 radical (unpaired) electrons. The van der Waals surface area contributed by atoms with E-state index >= 15 is 0 Å². The molecule has 0 spiro atoms. The van der Waals surface area contributed by atoms with Gasteiger partial charge in [0.2, 0.25) is 5.09 Å². The van der Waals surface area contributed by atoms with Crippen LogP contribution in [0.25, 0.3) is 11.0 Å². The largest absolute Gasteiger partial charge is 0.443 e. The molecular weight excluding hydrogens is 236 g/mol. The van der Waals surface area contributed by atoms with E-state index in [9.17, 15) is 8.42 Å². The summed E-state index contributed by atoms with van der Waals surface area (Å²) in [5.41, 5.74) is 2.14. The fourth-order valence-electron chi connectivity index (χ4n) is 1.54. The minimum atomic E-state index is -3.80. The first kappa shape index (κ1) is 10.5. The third kappa shape index (κ3) is 1.75. The van der Waals surface area contributed by atoms with Gasteiger partial charge in [-0.05, 0) is 26.0 Å². The maximum atomic E-state index is 11.2. The van der Waals surface area contributed by atoms with E-state index in [1.54, 1.807) is 13.0 Å². The number of aryl methyl sites for hydroxylation is 2. The van der Waals surface area contributed by atoms with Crippen molar-refractivity contribution in [3.05, 3.63) is 29.3 Å². The lowest BCUT2D eigenvalue weighted by Gasteiger charge is -1.91. The van der Waals surface area contributed by atoms with Crippen molar-refractivity contribution in [2.45, 2.75) is 18.9 Å². The highest BCUT2D eigenvalue weighted by molar-refractivity contribution is 8.13. The quantitative estimate of drug-likeness (QED) is 0.725. The lowest BCUT2D eigenvalue weighted by molar-refractivity contribution is 0.484. The summed E-state index contributed by atoms with van der Waals surface area (Å²) in [6.07, 6.45) is 0. The summed E-state index contributed by atoms with van der Waals surface area (Å²) in [6.45, 7) is 3.61. The van der Waals surface area contributed by atoms with Crippen molar-refractivity contribution in [3.63, 3.8) is 0 Å². The molecule has 0 bridgehead atoms. The molecule has 0 atom stereocenters. The molecular formula is C10H9ClO3S. The van der Waals surface area contributed by atoms with Crippen LogP contribution in [-0.2, 0) is 9.05 Å². The number of hydrogen-bond donors (Lipinski definition) is 0. The van der Waals surface area contributed by atoms with Gasteiger partial charge in [0.1, 0.15) is 5.58 Å². The molecule has 0 N–H and O–H groups in total. The van der Waals surface area contributed by atoms with Crippen LogP contribution in [0.3, 0.4) is 0 Å². The Hall–Kier alpha value is -1.000. The molecule has 0 aliphatic heterocycles. The number of fused-ring (bicyclic) bond motifs is 1. The average molecular weight is 245 g/mol. The fraction of sp³-hybridized carbons (Fsp3) is 0.200. The smallest absolute Gasteiger partial charge is 0.294 e. The number of furan rings is 1. The maximum absolute atomic E-state index is 11.2. The number of rotatable bonds is 1. The molecule has 0 saturated carbocycles. The summed E-state index contributed by atoms with van der Waals surface area (Å²) in [4.78, 5) is 0. The second-order valence-corrected chi connectivity index (χ2v) is 5.92. The Morgan fingerprint density at radius 3 is 2.53 bits per heavy atom. The number of hydrogen-bond acceptors (Lipinski definition) is 3. The molecule has 0 amide bonds. The summed E-state index contributed by atoms with van der Waals surface area (Å²) < 4.78 is 27.6. The van der Waals surface area contributed by atoms with Gasteiger partial charge in [-0.15, -0.1) is 0 Å². The van der Waals surface area contributed by atoms with Crippen LogP contribution in [0.2, 0.25) is 0 Å². The zero-order chi connectivity index (χ0) is 11.2. The van der Waals surface area contributed by atoms with E-state index in [1.165, 1.54) is 0 Å². The van der Waals surface area contributed by atoms with Crippen molar-refractivity contribution in [2.24, 2.45) is 0 Å². The summed E-state index contributed by atoms with van der Waals surface area (Å²) in [5.74, 6) is 0. The van der Waals surface area contributed by atoms with Gasteiger partial charge >= 0.3 is 0 Å². The van der Waals surface area contributed by atoms with Gasteiger partial charge in [0.15, 0.2) is 0 Å². The van der Waals surface area contributed by atoms with Gasteiger partial charge in [0.05, 0.1) is 0 Å². The van der Waals surface area contributed by atoms with E-state index in [-0.39, 0.29) is 5.09 Å². The lowest BCUT2D eigenvalue weighted by Crippen LogP contribution is -1.89. The van der Waals surface area contributed by atoms with Crippen LogP contribution >= 0.6 is 10.7 Å². The molecule has 1 heterocycles. The Bertz CT molecular complexity index is 625. The first-order valence-electron chi connectivity index (χ1n) is 4.34. The maximum Gasteiger partial charge on any atom is 0.294 e. The standard InChI is InChI=1S/C10H9ClO3S/c1-6-3-4-9-8(5-6)7(2)10(14-9)15(11,12)13/h3-5H,1-2H3. The summed E-state index contributed by atoms with van der Waals surface area (Å²) in [5, 5.41) is 0.624.